The van der Waals surface area contributed by atoms with Crippen molar-refractivity contribution in [2.75, 3.05) is 5.32 Å². The number of anilines is 1. The summed E-state index contributed by atoms with van der Waals surface area (Å²) in [5.41, 5.74) is -0.912. The average molecular weight is 396 g/mol. The highest BCUT2D eigenvalue weighted by atomic mass is 19.1. The number of aromatic nitrogens is 1. The molecule has 0 aliphatic carbocycles. The summed E-state index contributed by atoms with van der Waals surface area (Å²) in [5, 5.41) is 33.9. The molecule has 29 heavy (non-hydrogen) atoms. The minimum Gasteiger partial charge on any atom is -0.378 e. The number of amides is 1. The zero-order valence-electron chi connectivity index (χ0n) is 15.4. The Morgan fingerprint density at radius 3 is 2.76 bits per heavy atom. The minimum absolute atomic E-state index is 0.0992. The van der Waals surface area contributed by atoms with E-state index >= 15 is 0 Å². The van der Waals surface area contributed by atoms with E-state index in [1.807, 2.05) is 6.07 Å². The van der Waals surface area contributed by atoms with E-state index in [0.29, 0.717) is 5.52 Å². The van der Waals surface area contributed by atoms with E-state index in [2.05, 4.69) is 5.32 Å². The second-order valence-electron chi connectivity index (χ2n) is 6.79. The number of fused-ring (bicyclic) bond motifs is 1. The number of aliphatic hydroxyl groups is 1. The summed E-state index contributed by atoms with van der Waals surface area (Å²) in [4.78, 5) is 23.1. The molecule has 9 heteroatoms. The first-order valence-corrected chi connectivity index (χ1v) is 8.61. The smallest absolute Gasteiger partial charge is 0.271 e. The summed E-state index contributed by atoms with van der Waals surface area (Å²) in [6, 6.07) is 12.1. The lowest BCUT2D eigenvalue weighted by atomic mass is 10.0. The Labute approximate surface area is 164 Å². The van der Waals surface area contributed by atoms with Crippen LogP contribution in [-0.2, 0) is 18.0 Å². The van der Waals surface area contributed by atoms with E-state index in [-0.39, 0.29) is 29.0 Å². The number of nitro benzene ring substituents is 1. The number of rotatable bonds is 6. The van der Waals surface area contributed by atoms with Gasteiger partial charge in [0.15, 0.2) is 5.60 Å². The predicted molar refractivity (Wildman–Crippen MR) is 104 cm³/mol. The third-order valence-electron chi connectivity index (χ3n) is 4.56. The first kappa shape index (κ1) is 20.0. The molecule has 0 aliphatic heterocycles. The first-order chi connectivity index (χ1) is 13.7. The molecule has 0 fully saturated rings. The topological polar surface area (TPSA) is 121 Å². The van der Waals surface area contributed by atoms with Crippen LogP contribution < -0.4 is 5.32 Å². The van der Waals surface area contributed by atoms with Crippen molar-refractivity contribution in [3.63, 3.8) is 0 Å². The summed E-state index contributed by atoms with van der Waals surface area (Å²) in [6.07, 6.45) is 1.62. The maximum absolute atomic E-state index is 13.0. The molecule has 0 saturated carbocycles. The van der Waals surface area contributed by atoms with Gasteiger partial charge >= 0.3 is 0 Å². The van der Waals surface area contributed by atoms with Crippen LogP contribution in [0.3, 0.4) is 0 Å². The number of hydrogen-bond acceptors (Lipinski definition) is 5. The van der Waals surface area contributed by atoms with Crippen LogP contribution in [-0.4, -0.2) is 26.1 Å². The van der Waals surface area contributed by atoms with E-state index in [9.17, 15) is 24.4 Å². The van der Waals surface area contributed by atoms with Gasteiger partial charge in [0.25, 0.3) is 11.6 Å². The van der Waals surface area contributed by atoms with Gasteiger partial charge in [-0.1, -0.05) is 0 Å². The number of carbonyl (C=O) groups is 1. The first-order valence-electron chi connectivity index (χ1n) is 8.61. The Balaban J connectivity index is 1.83. The fraction of sp³-hybridized carbons (Fsp3) is 0.200. The van der Waals surface area contributed by atoms with Crippen LogP contribution in [0.5, 0.6) is 0 Å². The number of carbonyl (C=O) groups excluding carboxylic acids is 1. The molecule has 0 bridgehead atoms. The molecule has 2 N–H and O–H groups in total. The zero-order chi connectivity index (χ0) is 21.2. The van der Waals surface area contributed by atoms with Gasteiger partial charge in [-0.05, 0) is 37.3 Å². The van der Waals surface area contributed by atoms with Crippen molar-refractivity contribution < 1.29 is 19.2 Å². The second kappa shape index (κ2) is 7.69. The molecule has 0 saturated heterocycles. The summed E-state index contributed by atoms with van der Waals surface area (Å²) in [6.45, 7) is 0.290. The van der Waals surface area contributed by atoms with E-state index in [1.165, 1.54) is 37.3 Å². The lowest BCUT2D eigenvalue weighted by molar-refractivity contribution is -0.384. The maximum Gasteiger partial charge on any atom is 0.271 e. The van der Waals surface area contributed by atoms with Gasteiger partial charge in [-0.25, -0.2) is 4.39 Å². The fourth-order valence-corrected chi connectivity index (χ4v) is 2.98. The molecule has 0 radical (unpaired) electrons. The summed E-state index contributed by atoms with van der Waals surface area (Å²) in [5.74, 6) is -0.737. The Morgan fingerprint density at radius 1 is 1.34 bits per heavy atom. The van der Waals surface area contributed by atoms with E-state index in [1.54, 1.807) is 22.9 Å². The predicted octanol–water partition coefficient (Wildman–Crippen LogP) is 3.28. The fourth-order valence-electron chi connectivity index (χ4n) is 2.98. The zero-order valence-corrected chi connectivity index (χ0v) is 15.4. The molecular formula is C20H17FN4O4. The third kappa shape index (κ3) is 4.07. The molecule has 1 aromatic heterocycles. The average Bonchev–Trinajstić information content (AvgIpc) is 3.09. The van der Waals surface area contributed by atoms with Crippen LogP contribution in [0.1, 0.15) is 18.1 Å². The van der Waals surface area contributed by atoms with E-state index < -0.39 is 23.1 Å². The van der Waals surface area contributed by atoms with Crippen LogP contribution >= 0.6 is 0 Å². The molecule has 0 unspecified atom stereocenters. The largest absolute Gasteiger partial charge is 0.378 e. The molecule has 1 atom stereocenters. The lowest BCUT2D eigenvalue weighted by Gasteiger charge is -2.23. The van der Waals surface area contributed by atoms with Gasteiger partial charge in [0.1, 0.15) is 6.67 Å². The van der Waals surface area contributed by atoms with Crippen LogP contribution in [0.4, 0.5) is 15.8 Å². The minimum atomic E-state index is -1.86. The molecule has 148 valence electrons. The number of hydrogen-bond donors (Lipinski definition) is 2. The lowest BCUT2D eigenvalue weighted by Crippen LogP contribution is -2.43. The Kier molecular flexibility index (Phi) is 5.30. The highest BCUT2D eigenvalue weighted by molar-refractivity contribution is 5.97. The SMILES string of the molecule is C[C@](O)(Cn1ccc2ccc([N+](=O)[O-])cc21)C(=O)Nc1ccc(C#N)c(CF)c1. The van der Waals surface area contributed by atoms with Crippen molar-refractivity contribution in [2.24, 2.45) is 0 Å². The van der Waals surface area contributed by atoms with E-state index in [0.717, 1.165) is 5.39 Å². The molecule has 0 aliphatic rings. The molecule has 8 nitrogen and oxygen atoms in total. The van der Waals surface area contributed by atoms with Crippen LogP contribution in [0.25, 0.3) is 10.9 Å². The molecule has 3 aromatic rings. The molecule has 1 heterocycles. The normalized spacial score (nSPS) is 12.9. The standard InChI is InChI=1S/C20H17FN4O4/c1-20(27,19(26)23-16-4-2-14(11-22)15(8-16)10-21)12-24-7-6-13-3-5-17(25(28)29)9-18(13)24/h2-9,27H,10,12H2,1H3,(H,23,26)/t20-/m0/s1. The summed E-state index contributed by atoms with van der Waals surface area (Å²) >= 11 is 0. The Morgan fingerprint density at radius 2 is 2.10 bits per heavy atom. The van der Waals surface area contributed by atoms with Crippen molar-refractivity contribution in [3.05, 3.63) is 69.9 Å². The third-order valence-corrected chi connectivity index (χ3v) is 4.56. The number of benzene rings is 2. The second-order valence-corrected chi connectivity index (χ2v) is 6.79. The van der Waals surface area contributed by atoms with Crippen LogP contribution in [0.2, 0.25) is 0 Å². The van der Waals surface area contributed by atoms with Gasteiger partial charge in [-0.15, -0.1) is 0 Å². The van der Waals surface area contributed by atoms with E-state index in [4.69, 9.17) is 5.26 Å². The van der Waals surface area contributed by atoms with Gasteiger partial charge in [0.2, 0.25) is 0 Å². The number of alkyl halides is 1. The van der Waals surface area contributed by atoms with Gasteiger partial charge in [-0.3, -0.25) is 14.9 Å². The Bertz CT molecular complexity index is 1150. The molecule has 0 spiro atoms. The molecule has 1 amide bonds. The van der Waals surface area contributed by atoms with Crippen LogP contribution in [0, 0.1) is 21.4 Å². The Hall–Kier alpha value is -3.77. The number of nitriles is 1. The highest BCUT2D eigenvalue weighted by Gasteiger charge is 2.31. The quantitative estimate of drug-likeness (QED) is 0.489. The number of halogens is 1. The van der Waals surface area contributed by atoms with Crippen molar-refractivity contribution >= 4 is 28.2 Å². The summed E-state index contributed by atoms with van der Waals surface area (Å²) in [7, 11) is 0. The monoisotopic (exact) mass is 396 g/mol. The molecular weight excluding hydrogens is 379 g/mol. The molecule has 3 rings (SSSR count). The number of non-ortho nitro benzene ring substituents is 1. The number of nitrogens with one attached hydrogen (secondary N) is 1. The van der Waals surface area contributed by atoms with Crippen molar-refractivity contribution in [1.29, 1.82) is 5.26 Å². The highest BCUT2D eigenvalue weighted by Crippen LogP contribution is 2.24. The maximum atomic E-state index is 13.0. The van der Waals surface area contributed by atoms with Gasteiger partial charge in [0.05, 0.1) is 28.6 Å². The number of nitrogens with zero attached hydrogens (tertiary/aromatic N) is 3. The van der Waals surface area contributed by atoms with Gasteiger partial charge < -0.3 is 15.0 Å². The van der Waals surface area contributed by atoms with Gasteiger partial charge in [0, 0.05) is 35.0 Å². The molecule has 2 aromatic carbocycles. The number of nitro groups is 1. The van der Waals surface area contributed by atoms with Gasteiger partial charge in [-0.2, -0.15) is 5.26 Å². The summed E-state index contributed by atoms with van der Waals surface area (Å²) < 4.78 is 14.6. The van der Waals surface area contributed by atoms with Crippen LogP contribution in [0.15, 0.2) is 48.7 Å². The van der Waals surface area contributed by atoms with Crippen molar-refractivity contribution in [1.82, 2.24) is 4.57 Å². The van der Waals surface area contributed by atoms with Crippen molar-refractivity contribution in [3.8, 4) is 6.07 Å². The van der Waals surface area contributed by atoms with Crippen molar-refractivity contribution in [2.45, 2.75) is 25.7 Å².